The molecule has 0 bridgehead atoms. The molecule has 3 aromatic rings. The first-order valence-corrected chi connectivity index (χ1v) is 9.93. The summed E-state index contributed by atoms with van der Waals surface area (Å²) in [5, 5.41) is 0.428. The number of hydrogen-bond acceptors (Lipinski definition) is 6. The number of aliphatic imine (C=N–C) groups is 1. The number of fused-ring (bicyclic) bond motifs is 1. The van der Waals surface area contributed by atoms with E-state index in [4.69, 9.17) is 9.47 Å². The molecule has 0 saturated carbocycles. The lowest BCUT2D eigenvalue weighted by Crippen LogP contribution is -2.05. The largest absolute Gasteiger partial charge is 0.496 e. The first-order chi connectivity index (χ1) is 13.1. The number of H-pyrrole nitrogens is 1. The van der Waals surface area contributed by atoms with Crippen LogP contribution in [0.4, 0.5) is 0 Å². The molecule has 0 amide bonds. The number of imidazole rings is 1. The highest BCUT2D eigenvalue weighted by molar-refractivity contribution is 7.84. The van der Waals surface area contributed by atoms with Crippen LogP contribution >= 0.6 is 0 Å². The van der Waals surface area contributed by atoms with Crippen molar-refractivity contribution in [1.82, 2.24) is 15.0 Å². The summed E-state index contributed by atoms with van der Waals surface area (Å²) in [5.74, 6) is 1.69. The van der Waals surface area contributed by atoms with E-state index in [0.29, 0.717) is 24.2 Å². The number of methoxy groups -OCH3 is 1. The fourth-order valence-electron chi connectivity index (χ4n) is 3.15. The van der Waals surface area contributed by atoms with Crippen LogP contribution in [0, 0.1) is 13.8 Å². The van der Waals surface area contributed by atoms with Crippen LogP contribution in [0.5, 0.6) is 5.75 Å². The predicted molar refractivity (Wildman–Crippen MR) is 104 cm³/mol. The van der Waals surface area contributed by atoms with Crippen molar-refractivity contribution in [2.45, 2.75) is 24.8 Å². The summed E-state index contributed by atoms with van der Waals surface area (Å²) in [6.45, 7) is 5.16. The van der Waals surface area contributed by atoms with Gasteiger partial charge < -0.3 is 14.5 Å². The zero-order valence-corrected chi connectivity index (χ0v) is 16.2. The minimum absolute atomic E-state index is 0.269. The van der Waals surface area contributed by atoms with Crippen LogP contribution in [0.1, 0.15) is 22.4 Å². The Balaban J connectivity index is 1.61. The van der Waals surface area contributed by atoms with Crippen molar-refractivity contribution in [2.75, 3.05) is 20.3 Å². The Labute approximate surface area is 159 Å². The number of aromatic amines is 1. The molecule has 1 unspecified atom stereocenters. The van der Waals surface area contributed by atoms with E-state index >= 15 is 0 Å². The van der Waals surface area contributed by atoms with Gasteiger partial charge in [-0.15, -0.1) is 0 Å². The minimum atomic E-state index is -1.35. The standard InChI is InChI=1S/C19H20N4O3S/c1-11-9-21-16(12(2)17(11)25-3)10-27(24)19-22-14-5-4-13(8-15(14)23-19)18-20-6-7-26-18/h4-5,8-9H,6-7,10H2,1-3H3,(H,22,23). The molecule has 0 radical (unpaired) electrons. The smallest absolute Gasteiger partial charge is 0.216 e. The van der Waals surface area contributed by atoms with E-state index in [1.54, 1.807) is 13.3 Å². The van der Waals surface area contributed by atoms with Crippen molar-refractivity contribution in [2.24, 2.45) is 4.99 Å². The second-order valence-electron chi connectivity index (χ2n) is 6.35. The number of aromatic nitrogens is 3. The SMILES string of the molecule is COc1c(C)cnc(CS(=O)c2nc3ccc(C4=NCCO4)cc3[nH]2)c1C. The predicted octanol–water partition coefficient (Wildman–Crippen LogP) is 2.67. The maximum Gasteiger partial charge on any atom is 0.216 e. The minimum Gasteiger partial charge on any atom is -0.496 e. The average molecular weight is 384 g/mol. The lowest BCUT2D eigenvalue weighted by molar-refractivity contribution is 0.348. The Morgan fingerprint density at radius 2 is 2.19 bits per heavy atom. The van der Waals surface area contributed by atoms with Crippen molar-refractivity contribution in [1.29, 1.82) is 0 Å². The van der Waals surface area contributed by atoms with Gasteiger partial charge in [0.25, 0.3) is 0 Å². The summed E-state index contributed by atoms with van der Waals surface area (Å²) in [6, 6.07) is 5.71. The summed E-state index contributed by atoms with van der Waals surface area (Å²) in [7, 11) is 0.281. The van der Waals surface area contributed by atoms with Crippen LogP contribution in [-0.4, -0.2) is 45.3 Å². The molecule has 0 aliphatic carbocycles. The molecule has 1 N–H and O–H groups in total. The van der Waals surface area contributed by atoms with Crippen LogP contribution in [-0.2, 0) is 21.3 Å². The fraction of sp³-hybridized carbons (Fsp3) is 0.316. The highest BCUT2D eigenvalue weighted by Crippen LogP contribution is 2.26. The number of nitrogens with zero attached hydrogens (tertiary/aromatic N) is 3. The summed E-state index contributed by atoms with van der Waals surface area (Å²) in [6.07, 6.45) is 1.74. The number of aryl methyl sites for hydroxylation is 1. The van der Waals surface area contributed by atoms with Crippen LogP contribution < -0.4 is 4.74 Å². The molecule has 4 rings (SSSR count). The van der Waals surface area contributed by atoms with Gasteiger partial charge in [-0.3, -0.25) is 9.19 Å². The maximum atomic E-state index is 12.8. The van der Waals surface area contributed by atoms with E-state index in [2.05, 4.69) is 19.9 Å². The molecule has 1 aliphatic rings. The number of hydrogen-bond donors (Lipinski definition) is 1. The van der Waals surface area contributed by atoms with Gasteiger partial charge in [-0.25, -0.2) is 9.98 Å². The second-order valence-corrected chi connectivity index (χ2v) is 7.71. The quantitative estimate of drug-likeness (QED) is 0.730. The molecule has 140 valence electrons. The summed E-state index contributed by atoms with van der Waals surface area (Å²) in [5.41, 5.74) is 5.05. The Kier molecular flexibility index (Phi) is 4.65. The normalized spacial score (nSPS) is 14.9. The zero-order valence-electron chi connectivity index (χ0n) is 15.4. The summed E-state index contributed by atoms with van der Waals surface area (Å²) in [4.78, 5) is 16.4. The van der Waals surface area contributed by atoms with Crippen LogP contribution in [0.15, 0.2) is 34.5 Å². The Morgan fingerprint density at radius 1 is 1.33 bits per heavy atom. The molecule has 2 aromatic heterocycles. The van der Waals surface area contributed by atoms with E-state index in [9.17, 15) is 4.21 Å². The first kappa shape index (κ1) is 17.7. The van der Waals surface area contributed by atoms with E-state index < -0.39 is 10.8 Å². The zero-order chi connectivity index (χ0) is 19.0. The summed E-state index contributed by atoms with van der Waals surface area (Å²) >= 11 is 0. The van der Waals surface area contributed by atoms with Gasteiger partial charge in [0.15, 0.2) is 5.16 Å². The molecule has 1 aromatic carbocycles. The van der Waals surface area contributed by atoms with Crippen molar-refractivity contribution in [3.63, 3.8) is 0 Å². The van der Waals surface area contributed by atoms with Gasteiger partial charge in [0.2, 0.25) is 5.90 Å². The number of nitrogens with one attached hydrogen (secondary N) is 1. The van der Waals surface area contributed by atoms with E-state index in [1.165, 1.54) is 0 Å². The van der Waals surface area contributed by atoms with Crippen LogP contribution in [0.2, 0.25) is 0 Å². The molecule has 8 heteroatoms. The number of rotatable bonds is 5. The van der Waals surface area contributed by atoms with Crippen LogP contribution in [0.25, 0.3) is 11.0 Å². The third kappa shape index (κ3) is 3.32. The van der Waals surface area contributed by atoms with Gasteiger partial charge in [0.1, 0.15) is 12.4 Å². The van der Waals surface area contributed by atoms with Gasteiger partial charge in [0.05, 0.1) is 46.9 Å². The molecule has 0 fully saturated rings. The van der Waals surface area contributed by atoms with Crippen molar-refractivity contribution >= 4 is 27.7 Å². The lowest BCUT2D eigenvalue weighted by atomic mass is 10.1. The van der Waals surface area contributed by atoms with Gasteiger partial charge in [-0.1, -0.05) is 0 Å². The maximum absolute atomic E-state index is 12.8. The molecule has 0 spiro atoms. The van der Waals surface area contributed by atoms with Gasteiger partial charge >= 0.3 is 0 Å². The number of benzene rings is 1. The highest BCUT2D eigenvalue weighted by atomic mass is 32.2. The number of ether oxygens (including phenoxy) is 2. The molecule has 0 saturated heterocycles. The van der Waals surface area contributed by atoms with Gasteiger partial charge in [-0.05, 0) is 32.0 Å². The van der Waals surface area contributed by atoms with E-state index in [-0.39, 0.29) is 5.75 Å². The van der Waals surface area contributed by atoms with Crippen molar-refractivity contribution < 1.29 is 13.7 Å². The van der Waals surface area contributed by atoms with Gasteiger partial charge in [0, 0.05) is 22.9 Å². The first-order valence-electron chi connectivity index (χ1n) is 8.61. The monoisotopic (exact) mass is 384 g/mol. The molecular weight excluding hydrogens is 364 g/mol. The molecule has 27 heavy (non-hydrogen) atoms. The highest BCUT2D eigenvalue weighted by Gasteiger charge is 2.17. The van der Waals surface area contributed by atoms with E-state index in [0.717, 1.165) is 39.2 Å². The lowest BCUT2D eigenvalue weighted by Gasteiger charge is -2.11. The Hall–Kier alpha value is -2.74. The Bertz CT molecular complexity index is 1070. The third-order valence-corrected chi connectivity index (χ3v) is 5.69. The Morgan fingerprint density at radius 3 is 2.93 bits per heavy atom. The van der Waals surface area contributed by atoms with E-state index in [1.807, 2.05) is 32.0 Å². The molecule has 7 nitrogen and oxygen atoms in total. The molecule has 1 aliphatic heterocycles. The third-order valence-electron chi connectivity index (χ3n) is 4.53. The van der Waals surface area contributed by atoms with Crippen molar-refractivity contribution in [3.8, 4) is 5.75 Å². The molecule has 1 atom stereocenters. The number of pyridine rings is 1. The topological polar surface area (TPSA) is 89.5 Å². The molecule has 3 heterocycles. The summed E-state index contributed by atoms with van der Waals surface area (Å²) < 4.78 is 23.8. The fourth-order valence-corrected chi connectivity index (χ4v) is 4.25. The van der Waals surface area contributed by atoms with Crippen molar-refractivity contribution in [3.05, 3.63) is 46.8 Å². The van der Waals surface area contributed by atoms with Gasteiger partial charge in [-0.2, -0.15) is 0 Å². The average Bonchev–Trinajstić information content (AvgIpc) is 3.33. The second kappa shape index (κ2) is 7.11. The molecular formula is C19H20N4O3S. The van der Waals surface area contributed by atoms with Crippen LogP contribution in [0.3, 0.4) is 0 Å².